The second-order valence-electron chi connectivity index (χ2n) is 4.67. The van der Waals surface area contributed by atoms with E-state index in [1.807, 2.05) is 6.07 Å². The van der Waals surface area contributed by atoms with Crippen LogP contribution in [0.1, 0.15) is 42.5 Å². The number of fused-ring (bicyclic) bond motifs is 1. The number of nitrogens with one attached hydrogen (secondary N) is 1. The number of aliphatic hydroxyl groups is 1. The summed E-state index contributed by atoms with van der Waals surface area (Å²) < 4.78 is 0. The van der Waals surface area contributed by atoms with Crippen LogP contribution in [0.3, 0.4) is 0 Å². The van der Waals surface area contributed by atoms with Crippen LogP contribution in [0.2, 0.25) is 0 Å². The number of unbranched alkanes of at least 4 members (excludes halogenated alkanes) is 1. The predicted octanol–water partition coefficient (Wildman–Crippen LogP) is 2.02. The maximum atomic E-state index is 9.15. The minimum atomic E-state index is 0.213. The van der Waals surface area contributed by atoms with Gasteiger partial charge in [0, 0.05) is 18.8 Å². The minimum Gasteiger partial charge on any atom is -0.396 e. The van der Waals surface area contributed by atoms with E-state index in [1.165, 1.54) is 18.4 Å². The van der Waals surface area contributed by atoms with Crippen molar-refractivity contribution in [2.24, 2.45) is 0 Å². The highest BCUT2D eigenvalue weighted by Gasteiger charge is 2.14. The van der Waals surface area contributed by atoms with Crippen LogP contribution in [-0.2, 0) is 12.8 Å². The highest BCUT2D eigenvalue weighted by Crippen LogP contribution is 2.24. The average molecular weight is 245 g/mol. The highest BCUT2D eigenvalue weighted by molar-refractivity contribution is 5.54. The van der Waals surface area contributed by atoms with E-state index in [4.69, 9.17) is 10.4 Å². The fourth-order valence-corrected chi connectivity index (χ4v) is 2.30. The Hall–Kier alpha value is -1.60. The molecular weight excluding hydrogens is 226 g/mol. The van der Waals surface area contributed by atoms with Crippen molar-refractivity contribution in [3.05, 3.63) is 22.9 Å². The summed E-state index contributed by atoms with van der Waals surface area (Å²) >= 11 is 0. The number of rotatable bonds is 5. The topological polar surface area (TPSA) is 68.9 Å². The van der Waals surface area contributed by atoms with Crippen molar-refractivity contribution in [1.82, 2.24) is 4.98 Å². The monoisotopic (exact) mass is 245 g/mol. The molecule has 4 nitrogen and oxygen atoms in total. The molecule has 1 aromatic rings. The summed E-state index contributed by atoms with van der Waals surface area (Å²) in [5.41, 5.74) is 3.02. The maximum absolute atomic E-state index is 9.15. The normalized spacial score (nSPS) is 13.8. The van der Waals surface area contributed by atoms with Gasteiger partial charge >= 0.3 is 0 Å². The second kappa shape index (κ2) is 6.36. The summed E-state index contributed by atoms with van der Waals surface area (Å²) in [5, 5.41) is 21.1. The maximum Gasteiger partial charge on any atom is 0.144 e. The number of aliphatic hydroxyl groups excluding tert-OH is 1. The molecule has 0 aromatic carbocycles. The van der Waals surface area contributed by atoms with Crippen LogP contribution < -0.4 is 5.32 Å². The van der Waals surface area contributed by atoms with Gasteiger partial charge in [0.2, 0.25) is 0 Å². The fraction of sp³-hybridized carbons (Fsp3) is 0.571. The van der Waals surface area contributed by atoms with Gasteiger partial charge in [-0.15, -0.1) is 0 Å². The minimum absolute atomic E-state index is 0.213. The van der Waals surface area contributed by atoms with Crippen LogP contribution in [0.4, 0.5) is 5.82 Å². The van der Waals surface area contributed by atoms with Crippen molar-refractivity contribution in [3.8, 4) is 6.07 Å². The number of aryl methyl sites for hydroxylation is 2. The van der Waals surface area contributed by atoms with Gasteiger partial charge < -0.3 is 10.4 Å². The van der Waals surface area contributed by atoms with E-state index >= 15 is 0 Å². The average Bonchev–Trinajstić information content (AvgIpc) is 2.42. The van der Waals surface area contributed by atoms with Crippen molar-refractivity contribution in [2.75, 3.05) is 18.5 Å². The van der Waals surface area contributed by atoms with Gasteiger partial charge in [0.1, 0.15) is 11.9 Å². The van der Waals surface area contributed by atoms with E-state index < -0.39 is 0 Å². The van der Waals surface area contributed by atoms with Gasteiger partial charge in [0.15, 0.2) is 0 Å². The molecule has 1 heterocycles. The number of pyridine rings is 1. The van der Waals surface area contributed by atoms with Crippen LogP contribution in [0.5, 0.6) is 0 Å². The Morgan fingerprint density at radius 3 is 2.94 bits per heavy atom. The molecule has 0 amide bonds. The zero-order valence-electron chi connectivity index (χ0n) is 10.6. The molecule has 4 heteroatoms. The van der Waals surface area contributed by atoms with Gasteiger partial charge in [0.25, 0.3) is 0 Å². The number of anilines is 1. The van der Waals surface area contributed by atoms with Gasteiger partial charge in [-0.1, -0.05) is 0 Å². The van der Waals surface area contributed by atoms with Gasteiger partial charge in [-0.2, -0.15) is 5.26 Å². The molecule has 0 atom stereocenters. The quantitative estimate of drug-likeness (QED) is 0.779. The van der Waals surface area contributed by atoms with E-state index in [-0.39, 0.29) is 6.61 Å². The van der Waals surface area contributed by atoms with Crippen LogP contribution >= 0.6 is 0 Å². The van der Waals surface area contributed by atoms with Gasteiger partial charge in [-0.05, 0) is 50.2 Å². The first-order chi connectivity index (χ1) is 8.85. The third kappa shape index (κ3) is 2.99. The van der Waals surface area contributed by atoms with Crippen LogP contribution in [-0.4, -0.2) is 23.2 Å². The number of hydrogen-bond acceptors (Lipinski definition) is 4. The summed E-state index contributed by atoms with van der Waals surface area (Å²) in [6, 6.07) is 4.19. The largest absolute Gasteiger partial charge is 0.396 e. The molecule has 0 saturated heterocycles. The first-order valence-corrected chi connectivity index (χ1v) is 6.63. The third-order valence-corrected chi connectivity index (χ3v) is 3.30. The summed E-state index contributed by atoms with van der Waals surface area (Å²) in [6.07, 6.45) is 6.12. The van der Waals surface area contributed by atoms with E-state index in [0.717, 1.165) is 37.9 Å². The molecule has 0 radical (unpaired) electrons. The van der Waals surface area contributed by atoms with Gasteiger partial charge in [0.05, 0.1) is 5.56 Å². The Bertz CT molecular complexity index is 451. The SMILES string of the molecule is N#Cc1cc2c(nc1NCCCCO)CCCC2. The zero-order valence-corrected chi connectivity index (χ0v) is 10.6. The molecule has 0 unspecified atom stereocenters. The molecule has 1 aromatic heterocycles. The molecule has 1 aliphatic rings. The third-order valence-electron chi connectivity index (χ3n) is 3.30. The molecule has 0 aliphatic heterocycles. The van der Waals surface area contributed by atoms with Crippen LogP contribution in [0.25, 0.3) is 0 Å². The lowest BCUT2D eigenvalue weighted by molar-refractivity contribution is 0.286. The standard InChI is InChI=1S/C14H19N3O/c15-10-12-9-11-5-1-2-6-13(11)17-14(12)16-7-3-4-8-18/h9,18H,1-8H2,(H,16,17). The number of nitrogens with zero attached hydrogens (tertiary/aromatic N) is 2. The van der Waals surface area contributed by atoms with Gasteiger partial charge in [-0.3, -0.25) is 0 Å². The Balaban J connectivity index is 2.11. The predicted molar refractivity (Wildman–Crippen MR) is 70.4 cm³/mol. The zero-order chi connectivity index (χ0) is 12.8. The molecule has 0 spiro atoms. The first kappa shape index (κ1) is 12.8. The Kier molecular flexibility index (Phi) is 4.54. The first-order valence-electron chi connectivity index (χ1n) is 6.63. The van der Waals surface area contributed by atoms with Crippen molar-refractivity contribution >= 4 is 5.82 Å². The lowest BCUT2D eigenvalue weighted by atomic mass is 9.95. The fourth-order valence-electron chi connectivity index (χ4n) is 2.30. The van der Waals surface area contributed by atoms with E-state index in [1.54, 1.807) is 0 Å². The smallest absolute Gasteiger partial charge is 0.144 e. The molecule has 0 bridgehead atoms. The van der Waals surface area contributed by atoms with E-state index in [0.29, 0.717) is 11.4 Å². The molecule has 1 aliphatic carbocycles. The molecule has 96 valence electrons. The highest BCUT2D eigenvalue weighted by atomic mass is 16.2. The Morgan fingerprint density at radius 1 is 1.33 bits per heavy atom. The van der Waals surface area contributed by atoms with Gasteiger partial charge in [-0.25, -0.2) is 4.98 Å². The molecule has 0 fully saturated rings. The number of aromatic nitrogens is 1. The summed E-state index contributed by atoms with van der Waals surface area (Å²) in [4.78, 5) is 4.59. The number of nitriles is 1. The van der Waals surface area contributed by atoms with Crippen molar-refractivity contribution in [2.45, 2.75) is 38.5 Å². The Labute approximate surface area is 108 Å². The Morgan fingerprint density at radius 2 is 2.17 bits per heavy atom. The summed E-state index contributed by atoms with van der Waals surface area (Å²) in [7, 11) is 0. The van der Waals surface area contributed by atoms with Crippen molar-refractivity contribution in [3.63, 3.8) is 0 Å². The molecular formula is C14H19N3O. The second-order valence-corrected chi connectivity index (χ2v) is 4.67. The summed E-state index contributed by atoms with van der Waals surface area (Å²) in [6.45, 7) is 0.964. The molecule has 0 saturated carbocycles. The molecule has 18 heavy (non-hydrogen) atoms. The van der Waals surface area contributed by atoms with E-state index in [2.05, 4.69) is 16.4 Å². The lowest BCUT2D eigenvalue weighted by Gasteiger charge is -2.17. The van der Waals surface area contributed by atoms with Crippen molar-refractivity contribution < 1.29 is 5.11 Å². The molecule has 2 N–H and O–H groups in total. The van der Waals surface area contributed by atoms with Crippen LogP contribution in [0.15, 0.2) is 6.07 Å². The lowest BCUT2D eigenvalue weighted by Crippen LogP contribution is -2.11. The van der Waals surface area contributed by atoms with E-state index in [9.17, 15) is 0 Å². The number of hydrogen-bond donors (Lipinski definition) is 2. The van der Waals surface area contributed by atoms with Crippen LogP contribution in [0, 0.1) is 11.3 Å². The molecule has 2 rings (SSSR count). The summed E-state index contributed by atoms with van der Waals surface area (Å²) in [5.74, 6) is 0.705. The van der Waals surface area contributed by atoms with Crippen molar-refractivity contribution in [1.29, 1.82) is 5.26 Å².